The molecule has 25 heavy (non-hydrogen) atoms. The molecule has 0 unspecified atom stereocenters. The van der Waals surface area contributed by atoms with Crippen molar-refractivity contribution < 1.29 is 9.53 Å². The van der Waals surface area contributed by atoms with E-state index in [-0.39, 0.29) is 11.6 Å². The number of hydrogen-bond acceptors (Lipinski definition) is 4. The highest BCUT2D eigenvalue weighted by Gasteiger charge is 2.46. The molecule has 0 bridgehead atoms. The minimum atomic E-state index is -0.401. The summed E-state index contributed by atoms with van der Waals surface area (Å²) in [6, 6.07) is 10.1. The highest BCUT2D eigenvalue weighted by atomic mass is 35.5. The van der Waals surface area contributed by atoms with Crippen molar-refractivity contribution in [2.75, 3.05) is 6.61 Å². The molecule has 1 saturated heterocycles. The van der Waals surface area contributed by atoms with Crippen LogP contribution in [0.3, 0.4) is 0 Å². The highest BCUT2D eigenvalue weighted by molar-refractivity contribution is 7.16. The molecule has 0 radical (unpaired) electrons. The largest absolute Gasteiger partial charge is 0.369 e. The van der Waals surface area contributed by atoms with Crippen molar-refractivity contribution in [2.45, 2.75) is 43.9 Å². The molecule has 3 atom stereocenters. The van der Waals surface area contributed by atoms with E-state index in [0.29, 0.717) is 11.6 Å². The first kappa shape index (κ1) is 17.0. The van der Waals surface area contributed by atoms with E-state index in [1.165, 1.54) is 10.4 Å². The Kier molecular flexibility index (Phi) is 4.36. The number of halogens is 1. The van der Waals surface area contributed by atoms with Crippen molar-refractivity contribution in [1.29, 1.82) is 0 Å². The van der Waals surface area contributed by atoms with Crippen molar-refractivity contribution >= 4 is 28.8 Å². The van der Waals surface area contributed by atoms with Crippen LogP contribution in [0.5, 0.6) is 0 Å². The van der Waals surface area contributed by atoms with Crippen LogP contribution in [-0.2, 0) is 16.8 Å². The quantitative estimate of drug-likeness (QED) is 0.838. The van der Waals surface area contributed by atoms with Gasteiger partial charge in [-0.15, -0.1) is 11.3 Å². The summed E-state index contributed by atoms with van der Waals surface area (Å²) in [7, 11) is 0. The van der Waals surface area contributed by atoms with E-state index in [9.17, 15) is 4.79 Å². The summed E-state index contributed by atoms with van der Waals surface area (Å²) in [6.07, 6.45) is 2.73. The lowest BCUT2D eigenvalue weighted by Gasteiger charge is -2.46. The van der Waals surface area contributed by atoms with Gasteiger partial charge in [-0.3, -0.25) is 4.79 Å². The third-order valence-corrected chi connectivity index (χ3v) is 6.69. The van der Waals surface area contributed by atoms with Gasteiger partial charge in [-0.05, 0) is 49.1 Å². The molecule has 132 valence electrons. The number of amides is 1. The lowest BCUT2D eigenvalue weighted by Crippen LogP contribution is -2.49. The van der Waals surface area contributed by atoms with Gasteiger partial charge in [0.05, 0.1) is 10.9 Å². The van der Waals surface area contributed by atoms with Crippen LogP contribution in [-0.4, -0.2) is 18.6 Å². The van der Waals surface area contributed by atoms with Crippen molar-refractivity contribution in [3.63, 3.8) is 0 Å². The molecule has 2 aliphatic heterocycles. The minimum absolute atomic E-state index is 0.164. The standard InChI is InChI=1S/C19H21ClN2O2S/c1-11-9-19(17-14(6-7-24-19)8-16(20)25-17)10-15(22-11)12-2-4-13(5-3-12)18(21)23/h2-5,8,11,15,22H,6-7,9-10H2,1H3,(H2,21,23)/t11-,15-,19-/m0/s1. The molecule has 1 fully saturated rings. The summed E-state index contributed by atoms with van der Waals surface area (Å²) in [5.41, 5.74) is 8.08. The average molecular weight is 377 g/mol. The molecule has 2 aromatic rings. The number of benzene rings is 1. The van der Waals surface area contributed by atoms with Crippen LogP contribution in [0, 0.1) is 0 Å². The van der Waals surface area contributed by atoms with E-state index >= 15 is 0 Å². The van der Waals surface area contributed by atoms with Crippen LogP contribution in [0.2, 0.25) is 4.34 Å². The summed E-state index contributed by atoms with van der Waals surface area (Å²) in [5.74, 6) is -0.401. The third kappa shape index (κ3) is 3.10. The predicted molar refractivity (Wildman–Crippen MR) is 100 cm³/mol. The Morgan fingerprint density at radius 2 is 2.12 bits per heavy atom. The lowest BCUT2D eigenvalue weighted by molar-refractivity contribution is -0.0954. The van der Waals surface area contributed by atoms with Gasteiger partial charge in [0.15, 0.2) is 0 Å². The first-order valence-corrected chi connectivity index (χ1v) is 9.75. The third-order valence-electron chi connectivity index (χ3n) is 5.20. The zero-order valence-corrected chi connectivity index (χ0v) is 15.6. The van der Waals surface area contributed by atoms with Gasteiger partial charge in [-0.2, -0.15) is 0 Å². The van der Waals surface area contributed by atoms with E-state index in [0.717, 1.165) is 35.8 Å². The van der Waals surface area contributed by atoms with Gasteiger partial charge in [0.2, 0.25) is 5.91 Å². The Bertz CT molecular complexity index is 804. The predicted octanol–water partition coefficient (Wildman–Crippen LogP) is 3.78. The maximum absolute atomic E-state index is 11.3. The number of ether oxygens (including phenoxy) is 1. The smallest absolute Gasteiger partial charge is 0.248 e. The number of fused-ring (bicyclic) bond motifs is 2. The summed E-state index contributed by atoms with van der Waals surface area (Å²) in [5, 5.41) is 3.67. The number of nitrogens with one attached hydrogen (secondary N) is 1. The normalized spacial score (nSPS) is 28.7. The first-order chi connectivity index (χ1) is 12.0. The van der Waals surface area contributed by atoms with Crippen LogP contribution in [0.25, 0.3) is 0 Å². The van der Waals surface area contributed by atoms with Gasteiger partial charge < -0.3 is 15.8 Å². The molecule has 6 heteroatoms. The van der Waals surface area contributed by atoms with E-state index < -0.39 is 5.91 Å². The fraction of sp³-hybridized carbons (Fsp3) is 0.421. The zero-order valence-electron chi connectivity index (χ0n) is 14.0. The molecular formula is C19H21ClN2O2S. The summed E-state index contributed by atoms with van der Waals surface area (Å²) < 4.78 is 7.20. The highest BCUT2D eigenvalue weighted by Crippen LogP contribution is 2.49. The van der Waals surface area contributed by atoms with Gasteiger partial charge in [0, 0.05) is 28.9 Å². The summed E-state index contributed by atoms with van der Waals surface area (Å²) in [4.78, 5) is 12.6. The van der Waals surface area contributed by atoms with Gasteiger partial charge in [-0.1, -0.05) is 23.7 Å². The molecule has 1 aromatic heterocycles. The zero-order chi connectivity index (χ0) is 17.6. The van der Waals surface area contributed by atoms with Crippen molar-refractivity contribution in [1.82, 2.24) is 5.32 Å². The minimum Gasteiger partial charge on any atom is -0.369 e. The number of carbonyl (C=O) groups is 1. The number of piperidine rings is 1. The number of primary amides is 1. The molecule has 4 rings (SSSR count). The van der Waals surface area contributed by atoms with Crippen LogP contribution in [0.15, 0.2) is 30.3 Å². The Balaban J connectivity index is 1.67. The van der Waals surface area contributed by atoms with Crippen LogP contribution >= 0.6 is 22.9 Å². The number of carbonyl (C=O) groups excluding carboxylic acids is 1. The Hall–Kier alpha value is -1.40. The second kappa shape index (κ2) is 6.40. The van der Waals surface area contributed by atoms with Crippen molar-refractivity contribution in [3.05, 3.63) is 56.2 Å². The molecule has 1 aromatic carbocycles. The van der Waals surface area contributed by atoms with E-state index in [1.54, 1.807) is 23.5 Å². The van der Waals surface area contributed by atoms with Crippen LogP contribution in [0.1, 0.15) is 52.2 Å². The van der Waals surface area contributed by atoms with E-state index in [2.05, 4.69) is 18.3 Å². The molecule has 3 heterocycles. The maximum atomic E-state index is 11.3. The number of nitrogens with two attached hydrogens (primary N) is 1. The van der Waals surface area contributed by atoms with Gasteiger partial charge in [0.1, 0.15) is 5.60 Å². The topological polar surface area (TPSA) is 64.4 Å². The van der Waals surface area contributed by atoms with Gasteiger partial charge in [-0.25, -0.2) is 0 Å². The Morgan fingerprint density at radius 1 is 1.36 bits per heavy atom. The molecule has 2 aliphatic rings. The molecule has 0 aliphatic carbocycles. The monoisotopic (exact) mass is 376 g/mol. The first-order valence-electron chi connectivity index (χ1n) is 8.55. The van der Waals surface area contributed by atoms with E-state index in [4.69, 9.17) is 22.1 Å². The fourth-order valence-corrected chi connectivity index (χ4v) is 5.62. The molecule has 0 saturated carbocycles. The molecule has 1 amide bonds. The molecule has 1 spiro atoms. The summed E-state index contributed by atoms with van der Waals surface area (Å²) in [6.45, 7) is 2.93. The fourth-order valence-electron chi connectivity index (χ4n) is 4.15. The molecular weight excluding hydrogens is 356 g/mol. The molecule has 3 N–H and O–H groups in total. The van der Waals surface area contributed by atoms with E-state index in [1.807, 2.05) is 12.1 Å². The summed E-state index contributed by atoms with van der Waals surface area (Å²) >= 11 is 7.95. The average Bonchev–Trinajstić information content (AvgIpc) is 2.96. The second-order valence-electron chi connectivity index (χ2n) is 7.01. The Morgan fingerprint density at radius 3 is 2.84 bits per heavy atom. The second-order valence-corrected chi connectivity index (χ2v) is 8.70. The van der Waals surface area contributed by atoms with Crippen molar-refractivity contribution in [2.24, 2.45) is 5.73 Å². The number of hydrogen-bond donors (Lipinski definition) is 2. The van der Waals surface area contributed by atoms with Crippen LogP contribution < -0.4 is 11.1 Å². The van der Waals surface area contributed by atoms with Crippen LogP contribution in [0.4, 0.5) is 0 Å². The molecule has 4 nitrogen and oxygen atoms in total. The lowest BCUT2D eigenvalue weighted by atomic mass is 9.78. The maximum Gasteiger partial charge on any atom is 0.248 e. The number of thiophene rings is 1. The van der Waals surface area contributed by atoms with Gasteiger partial charge >= 0.3 is 0 Å². The number of rotatable bonds is 2. The van der Waals surface area contributed by atoms with Crippen molar-refractivity contribution in [3.8, 4) is 0 Å². The SMILES string of the molecule is C[C@H]1C[C@@]2(C[C@@H](c3ccc(C(N)=O)cc3)N1)OCCc1cc(Cl)sc12. The van der Waals surface area contributed by atoms with Gasteiger partial charge in [0.25, 0.3) is 0 Å². The Labute approximate surface area is 156 Å².